The third-order valence-electron chi connectivity index (χ3n) is 1.10. The van der Waals surface area contributed by atoms with Crippen molar-refractivity contribution in [1.82, 2.24) is 0 Å². The van der Waals surface area contributed by atoms with Gasteiger partial charge in [0.1, 0.15) is 0 Å². The number of hydrogen-bond donors (Lipinski definition) is 1. The number of thioether (sulfide) groups is 1. The van der Waals surface area contributed by atoms with Crippen LogP contribution in [0, 0.1) is 5.92 Å². The van der Waals surface area contributed by atoms with E-state index in [4.69, 9.17) is 9.90 Å². The molecular formula is C7H14O2S. The van der Waals surface area contributed by atoms with Crippen molar-refractivity contribution in [2.24, 2.45) is 5.92 Å². The summed E-state index contributed by atoms with van der Waals surface area (Å²) in [7, 11) is 0. The quantitative estimate of drug-likeness (QED) is 0.673. The van der Waals surface area contributed by atoms with Crippen molar-refractivity contribution in [3.05, 3.63) is 0 Å². The van der Waals surface area contributed by atoms with Crippen LogP contribution in [0.1, 0.15) is 19.8 Å². The van der Waals surface area contributed by atoms with Crippen molar-refractivity contribution in [2.45, 2.75) is 19.8 Å². The smallest absolute Gasteiger partial charge is 0.300 e. The topological polar surface area (TPSA) is 37.3 Å². The van der Waals surface area contributed by atoms with Crippen LogP contribution in [-0.4, -0.2) is 23.1 Å². The van der Waals surface area contributed by atoms with Gasteiger partial charge < -0.3 is 5.11 Å². The predicted molar refractivity (Wildman–Crippen MR) is 44.4 cm³/mol. The maximum Gasteiger partial charge on any atom is 0.300 e. The molecule has 2 nitrogen and oxygen atoms in total. The van der Waals surface area contributed by atoms with Crippen molar-refractivity contribution in [3.8, 4) is 0 Å². The Balaban J connectivity index is 0.000000180. The summed E-state index contributed by atoms with van der Waals surface area (Å²) in [6.07, 6.45) is 5.18. The van der Waals surface area contributed by atoms with Crippen LogP contribution in [0.4, 0.5) is 0 Å². The second-order valence-corrected chi connectivity index (χ2v) is 3.33. The van der Waals surface area contributed by atoms with E-state index in [-0.39, 0.29) is 0 Å². The van der Waals surface area contributed by atoms with E-state index >= 15 is 0 Å². The molecule has 1 aliphatic rings. The fourth-order valence-corrected chi connectivity index (χ4v) is 1.32. The molecule has 0 bridgehead atoms. The van der Waals surface area contributed by atoms with E-state index in [0.717, 1.165) is 12.8 Å². The molecule has 0 aromatic heterocycles. The monoisotopic (exact) mass is 162 g/mol. The van der Waals surface area contributed by atoms with Crippen molar-refractivity contribution >= 4 is 17.7 Å². The number of rotatable bonds is 2. The molecule has 60 valence electrons. The Labute approximate surface area is 66.0 Å². The third-order valence-corrected chi connectivity index (χ3v) is 1.90. The molecule has 0 unspecified atom stereocenters. The largest absolute Gasteiger partial charge is 0.481 e. The Morgan fingerprint density at radius 1 is 1.70 bits per heavy atom. The maximum atomic E-state index is 9.00. The highest BCUT2D eigenvalue weighted by atomic mass is 32.2. The van der Waals surface area contributed by atoms with Crippen LogP contribution in [0.25, 0.3) is 0 Å². The lowest BCUT2D eigenvalue weighted by Gasteiger charge is -1.83. The first kappa shape index (κ1) is 9.82. The highest BCUT2D eigenvalue weighted by Crippen LogP contribution is 2.31. The molecule has 0 amide bonds. The lowest BCUT2D eigenvalue weighted by molar-refractivity contribution is -0.134. The molecule has 0 aromatic rings. The first-order valence-corrected chi connectivity index (χ1v) is 4.74. The molecule has 1 aliphatic carbocycles. The molecular weight excluding hydrogens is 148 g/mol. The van der Waals surface area contributed by atoms with E-state index < -0.39 is 5.97 Å². The van der Waals surface area contributed by atoms with Crippen LogP contribution in [-0.2, 0) is 4.79 Å². The molecule has 0 atom stereocenters. The molecule has 10 heavy (non-hydrogen) atoms. The lowest BCUT2D eigenvalue weighted by Crippen LogP contribution is -1.78. The van der Waals surface area contributed by atoms with Crippen molar-refractivity contribution in [3.63, 3.8) is 0 Å². The van der Waals surface area contributed by atoms with Gasteiger partial charge >= 0.3 is 0 Å². The van der Waals surface area contributed by atoms with Gasteiger partial charge in [-0.1, -0.05) is 0 Å². The Bertz CT molecular complexity index is 95.8. The Morgan fingerprint density at radius 3 is 2.20 bits per heavy atom. The third kappa shape index (κ3) is 10.7. The fraction of sp³-hybridized carbons (Fsp3) is 0.857. The van der Waals surface area contributed by atoms with Crippen molar-refractivity contribution in [2.75, 3.05) is 12.0 Å². The second kappa shape index (κ2) is 5.59. The average Bonchev–Trinajstić information content (AvgIpc) is 2.48. The summed E-state index contributed by atoms with van der Waals surface area (Å²) in [5.74, 6) is 1.68. The zero-order chi connectivity index (χ0) is 7.98. The summed E-state index contributed by atoms with van der Waals surface area (Å²) in [5, 5.41) is 7.42. The zero-order valence-corrected chi connectivity index (χ0v) is 7.28. The first-order chi connectivity index (χ1) is 4.66. The number of aliphatic carboxylic acids is 1. The average molecular weight is 162 g/mol. The molecule has 0 aliphatic heterocycles. The van der Waals surface area contributed by atoms with Crippen LogP contribution < -0.4 is 0 Å². The van der Waals surface area contributed by atoms with Gasteiger partial charge in [0.05, 0.1) is 0 Å². The van der Waals surface area contributed by atoms with Gasteiger partial charge in [0.25, 0.3) is 5.97 Å². The van der Waals surface area contributed by atoms with Gasteiger partial charge in [-0.2, -0.15) is 11.8 Å². The Hall–Kier alpha value is -0.180. The minimum Gasteiger partial charge on any atom is -0.481 e. The maximum absolute atomic E-state index is 9.00. The zero-order valence-electron chi connectivity index (χ0n) is 6.46. The molecule has 1 rings (SSSR count). The molecule has 0 heterocycles. The molecule has 0 aromatic carbocycles. The van der Waals surface area contributed by atoms with Crippen molar-refractivity contribution < 1.29 is 9.90 Å². The predicted octanol–water partition coefficient (Wildman–Crippen LogP) is 1.85. The van der Waals surface area contributed by atoms with Crippen LogP contribution in [0.2, 0.25) is 0 Å². The van der Waals surface area contributed by atoms with Gasteiger partial charge in [-0.15, -0.1) is 0 Å². The van der Waals surface area contributed by atoms with E-state index in [1.165, 1.54) is 18.6 Å². The standard InChI is InChI=1S/C5H10S.C2H4O2/c1-6-4-5-2-3-5;1-2(3)4/h5H,2-4H2,1H3;1H3,(H,3,4). The highest BCUT2D eigenvalue weighted by Gasteiger charge is 2.19. The van der Waals surface area contributed by atoms with Gasteiger partial charge in [-0.3, -0.25) is 4.79 Å². The normalized spacial score (nSPS) is 15.4. The summed E-state index contributed by atoms with van der Waals surface area (Å²) in [5.41, 5.74) is 0. The summed E-state index contributed by atoms with van der Waals surface area (Å²) in [6.45, 7) is 1.08. The van der Waals surface area contributed by atoms with Gasteiger partial charge in [0.2, 0.25) is 0 Å². The Kier molecular flexibility index (Phi) is 5.49. The highest BCUT2D eigenvalue weighted by molar-refractivity contribution is 7.98. The van der Waals surface area contributed by atoms with Crippen molar-refractivity contribution in [1.29, 1.82) is 0 Å². The fourth-order valence-electron chi connectivity index (χ4n) is 0.520. The van der Waals surface area contributed by atoms with Gasteiger partial charge in [0, 0.05) is 6.92 Å². The van der Waals surface area contributed by atoms with Gasteiger partial charge in [-0.25, -0.2) is 0 Å². The molecule has 0 saturated heterocycles. The summed E-state index contributed by atoms with van der Waals surface area (Å²) >= 11 is 1.97. The lowest BCUT2D eigenvalue weighted by atomic mass is 10.5. The molecule has 1 saturated carbocycles. The summed E-state index contributed by atoms with van der Waals surface area (Å²) in [6, 6.07) is 0. The summed E-state index contributed by atoms with van der Waals surface area (Å²) in [4.78, 5) is 9.00. The molecule has 1 N–H and O–H groups in total. The van der Waals surface area contributed by atoms with E-state index in [2.05, 4.69) is 6.26 Å². The minimum atomic E-state index is -0.833. The second-order valence-electron chi connectivity index (χ2n) is 2.42. The van der Waals surface area contributed by atoms with E-state index in [1.807, 2.05) is 11.8 Å². The first-order valence-electron chi connectivity index (χ1n) is 3.35. The van der Waals surface area contributed by atoms with E-state index in [0.29, 0.717) is 0 Å². The molecule has 1 fully saturated rings. The van der Waals surface area contributed by atoms with Crippen LogP contribution in [0.3, 0.4) is 0 Å². The SMILES string of the molecule is CC(=O)O.CSCC1CC1. The molecule has 0 spiro atoms. The van der Waals surface area contributed by atoms with Crippen LogP contribution in [0.5, 0.6) is 0 Å². The number of carbonyl (C=O) groups is 1. The van der Waals surface area contributed by atoms with E-state index in [9.17, 15) is 0 Å². The minimum absolute atomic E-state index is 0.833. The van der Waals surface area contributed by atoms with Gasteiger partial charge in [0.15, 0.2) is 0 Å². The molecule has 0 radical (unpaired) electrons. The van der Waals surface area contributed by atoms with Gasteiger partial charge in [-0.05, 0) is 30.8 Å². The number of carboxylic acids is 1. The number of carboxylic acid groups (broad SMARTS) is 1. The van der Waals surface area contributed by atoms with E-state index in [1.54, 1.807) is 0 Å². The summed E-state index contributed by atoms with van der Waals surface area (Å²) < 4.78 is 0. The van der Waals surface area contributed by atoms with Crippen LogP contribution in [0.15, 0.2) is 0 Å². The Morgan fingerprint density at radius 2 is 2.10 bits per heavy atom. The molecule has 3 heteroatoms. The van der Waals surface area contributed by atoms with Crippen LogP contribution >= 0.6 is 11.8 Å². The number of hydrogen-bond acceptors (Lipinski definition) is 2.